The topological polar surface area (TPSA) is 31.4 Å². The molecule has 1 saturated heterocycles. The summed E-state index contributed by atoms with van der Waals surface area (Å²) in [6.45, 7) is 1.43. The highest BCUT2D eigenvalue weighted by atomic mass is 16.7. The van der Waals surface area contributed by atoms with Crippen LogP contribution < -0.4 is 0 Å². The first-order valence-electron chi connectivity index (χ1n) is 4.07. The first-order valence-corrected chi connectivity index (χ1v) is 4.07. The Morgan fingerprint density at radius 3 is 2.92 bits per heavy atom. The third kappa shape index (κ3) is 1.81. The lowest BCUT2D eigenvalue weighted by atomic mass is 10.2. The first kappa shape index (κ1) is 7.71. The van der Waals surface area contributed by atoms with Crippen molar-refractivity contribution < 1.29 is 9.47 Å². The highest BCUT2D eigenvalue weighted by Gasteiger charge is 2.15. The van der Waals surface area contributed by atoms with E-state index < -0.39 is 0 Å². The Morgan fingerprint density at radius 1 is 1.42 bits per heavy atom. The molecule has 12 heavy (non-hydrogen) atoms. The van der Waals surface area contributed by atoms with Gasteiger partial charge in [0.05, 0.1) is 13.2 Å². The molecular weight excluding hydrogens is 154 g/mol. The van der Waals surface area contributed by atoms with Crippen molar-refractivity contribution in [1.29, 1.82) is 0 Å². The lowest BCUT2D eigenvalue weighted by molar-refractivity contribution is -0.0400. The maximum absolute atomic E-state index is 5.31. The van der Waals surface area contributed by atoms with Gasteiger partial charge in [-0.1, -0.05) is 6.07 Å². The molecule has 0 aliphatic carbocycles. The van der Waals surface area contributed by atoms with E-state index in [1.54, 1.807) is 6.20 Å². The van der Waals surface area contributed by atoms with Gasteiger partial charge in [0.2, 0.25) is 0 Å². The fourth-order valence-corrected chi connectivity index (χ4v) is 1.24. The number of nitrogens with zero attached hydrogens (tertiary/aromatic N) is 1. The molecule has 1 aromatic heterocycles. The van der Waals surface area contributed by atoms with Crippen molar-refractivity contribution in [2.45, 2.75) is 12.7 Å². The van der Waals surface area contributed by atoms with E-state index in [0.717, 1.165) is 12.0 Å². The van der Waals surface area contributed by atoms with Crippen LogP contribution in [0.3, 0.4) is 0 Å². The van der Waals surface area contributed by atoms with Crippen molar-refractivity contribution in [2.24, 2.45) is 0 Å². The summed E-state index contributed by atoms with van der Waals surface area (Å²) in [6, 6.07) is 3.95. The van der Waals surface area contributed by atoms with Crippen LogP contribution in [0.5, 0.6) is 0 Å². The van der Waals surface area contributed by atoms with Gasteiger partial charge in [0, 0.05) is 18.8 Å². The molecule has 1 aromatic rings. The fraction of sp³-hybridized carbons (Fsp3) is 0.444. The molecule has 0 atom stereocenters. The minimum absolute atomic E-state index is 0.0609. The third-order valence-corrected chi connectivity index (χ3v) is 1.82. The number of aromatic nitrogens is 1. The summed E-state index contributed by atoms with van der Waals surface area (Å²) in [6.07, 6.45) is 4.34. The van der Waals surface area contributed by atoms with Crippen LogP contribution in [-0.2, 0) is 15.9 Å². The SMILES string of the molecule is c1cncc(CC2OCCO2)c1. The third-order valence-electron chi connectivity index (χ3n) is 1.82. The van der Waals surface area contributed by atoms with E-state index in [0.29, 0.717) is 13.2 Å². The summed E-state index contributed by atoms with van der Waals surface area (Å²) in [7, 11) is 0. The zero-order valence-corrected chi connectivity index (χ0v) is 6.77. The molecule has 0 N–H and O–H groups in total. The van der Waals surface area contributed by atoms with Crippen molar-refractivity contribution >= 4 is 0 Å². The summed E-state index contributed by atoms with van der Waals surface area (Å²) in [5.74, 6) is 0. The van der Waals surface area contributed by atoms with Gasteiger partial charge in [-0.25, -0.2) is 0 Å². The lowest BCUT2D eigenvalue weighted by Crippen LogP contribution is -2.11. The Balaban J connectivity index is 1.94. The Labute approximate surface area is 71.3 Å². The maximum Gasteiger partial charge on any atom is 0.161 e. The molecule has 2 rings (SSSR count). The Hall–Kier alpha value is -0.930. The van der Waals surface area contributed by atoms with Crippen LogP contribution in [-0.4, -0.2) is 24.5 Å². The van der Waals surface area contributed by atoms with E-state index in [4.69, 9.17) is 9.47 Å². The van der Waals surface area contributed by atoms with Crippen molar-refractivity contribution in [2.75, 3.05) is 13.2 Å². The second-order valence-electron chi connectivity index (χ2n) is 2.74. The average molecular weight is 165 g/mol. The Bertz CT molecular complexity index is 232. The number of rotatable bonds is 2. The van der Waals surface area contributed by atoms with Gasteiger partial charge in [-0.15, -0.1) is 0 Å². The van der Waals surface area contributed by atoms with Crippen LogP contribution in [0.1, 0.15) is 5.56 Å². The molecule has 64 valence electrons. The smallest absolute Gasteiger partial charge is 0.161 e. The summed E-state index contributed by atoms with van der Waals surface area (Å²) in [5.41, 5.74) is 1.16. The van der Waals surface area contributed by atoms with Crippen LogP contribution in [0.25, 0.3) is 0 Å². The first-order chi connectivity index (χ1) is 5.95. The number of pyridine rings is 1. The molecule has 0 unspecified atom stereocenters. The van der Waals surface area contributed by atoms with Crippen molar-refractivity contribution in [3.8, 4) is 0 Å². The summed E-state index contributed by atoms with van der Waals surface area (Å²) in [5, 5.41) is 0. The quantitative estimate of drug-likeness (QED) is 0.655. The van der Waals surface area contributed by atoms with Gasteiger partial charge in [-0.05, 0) is 11.6 Å². The molecular formula is C9H11NO2. The molecule has 1 aliphatic rings. The van der Waals surface area contributed by atoms with E-state index in [1.807, 2.05) is 18.3 Å². The average Bonchev–Trinajstić information content (AvgIpc) is 2.59. The standard InChI is InChI=1S/C9H11NO2/c1-2-8(7-10-3-1)6-9-11-4-5-12-9/h1-3,7,9H,4-6H2. The second kappa shape index (κ2) is 3.65. The van der Waals surface area contributed by atoms with E-state index in [-0.39, 0.29) is 6.29 Å². The normalized spacial score (nSPS) is 18.3. The minimum atomic E-state index is -0.0609. The van der Waals surface area contributed by atoms with Crippen LogP contribution in [0.2, 0.25) is 0 Å². The predicted molar refractivity (Wildman–Crippen MR) is 43.6 cm³/mol. The number of hydrogen-bond donors (Lipinski definition) is 0. The molecule has 1 aliphatic heterocycles. The molecule has 0 bridgehead atoms. The van der Waals surface area contributed by atoms with Gasteiger partial charge >= 0.3 is 0 Å². The zero-order chi connectivity index (χ0) is 8.23. The van der Waals surface area contributed by atoms with Crippen molar-refractivity contribution in [3.63, 3.8) is 0 Å². The highest BCUT2D eigenvalue weighted by molar-refractivity contribution is 5.08. The largest absolute Gasteiger partial charge is 0.350 e. The molecule has 1 fully saturated rings. The zero-order valence-electron chi connectivity index (χ0n) is 6.77. The van der Waals surface area contributed by atoms with E-state index >= 15 is 0 Å². The molecule has 0 radical (unpaired) electrons. The van der Waals surface area contributed by atoms with Gasteiger partial charge in [0.25, 0.3) is 0 Å². The second-order valence-corrected chi connectivity index (χ2v) is 2.74. The predicted octanol–water partition coefficient (Wildman–Crippen LogP) is 0.997. The van der Waals surface area contributed by atoms with Crippen molar-refractivity contribution in [1.82, 2.24) is 4.98 Å². The van der Waals surface area contributed by atoms with Gasteiger partial charge in [0.15, 0.2) is 6.29 Å². The molecule has 3 nitrogen and oxygen atoms in total. The molecule has 0 amide bonds. The minimum Gasteiger partial charge on any atom is -0.350 e. The molecule has 2 heterocycles. The van der Waals surface area contributed by atoms with Gasteiger partial charge in [0.1, 0.15) is 0 Å². The Kier molecular flexibility index (Phi) is 2.34. The molecule has 0 spiro atoms. The lowest BCUT2D eigenvalue weighted by Gasteiger charge is -2.07. The molecule has 0 aromatic carbocycles. The van der Waals surface area contributed by atoms with Crippen LogP contribution in [0.4, 0.5) is 0 Å². The summed E-state index contributed by atoms with van der Waals surface area (Å²) in [4.78, 5) is 4.02. The van der Waals surface area contributed by atoms with Gasteiger partial charge in [-0.2, -0.15) is 0 Å². The summed E-state index contributed by atoms with van der Waals surface area (Å²) >= 11 is 0. The fourth-order valence-electron chi connectivity index (χ4n) is 1.24. The molecule has 3 heteroatoms. The van der Waals surface area contributed by atoms with E-state index in [1.165, 1.54) is 0 Å². The highest BCUT2D eigenvalue weighted by Crippen LogP contribution is 2.09. The summed E-state index contributed by atoms with van der Waals surface area (Å²) < 4.78 is 10.6. The van der Waals surface area contributed by atoms with E-state index in [9.17, 15) is 0 Å². The van der Waals surface area contributed by atoms with E-state index in [2.05, 4.69) is 4.98 Å². The number of hydrogen-bond acceptors (Lipinski definition) is 3. The molecule has 0 saturated carbocycles. The van der Waals surface area contributed by atoms with Crippen LogP contribution in [0, 0.1) is 0 Å². The van der Waals surface area contributed by atoms with Gasteiger partial charge in [-0.3, -0.25) is 4.98 Å². The monoisotopic (exact) mass is 165 g/mol. The van der Waals surface area contributed by atoms with Crippen molar-refractivity contribution in [3.05, 3.63) is 30.1 Å². The Morgan fingerprint density at radius 2 is 2.25 bits per heavy atom. The number of ether oxygens (including phenoxy) is 2. The maximum atomic E-state index is 5.31. The van der Waals surface area contributed by atoms with Crippen LogP contribution in [0.15, 0.2) is 24.5 Å². The van der Waals surface area contributed by atoms with Crippen LogP contribution >= 0.6 is 0 Å². The van der Waals surface area contributed by atoms with Gasteiger partial charge < -0.3 is 9.47 Å².